The van der Waals surface area contributed by atoms with Gasteiger partial charge in [-0.3, -0.25) is 0 Å². The summed E-state index contributed by atoms with van der Waals surface area (Å²) in [6.45, 7) is 0. The monoisotopic (exact) mass is 212 g/mol. The highest BCUT2D eigenvalue weighted by molar-refractivity contribution is 7.92. The van der Waals surface area contributed by atoms with Gasteiger partial charge in [0.25, 0.3) is 0 Å². The molecule has 0 aromatic heterocycles. The molecule has 0 amide bonds. The largest absolute Gasteiger partial charge is 0.495 e. The second kappa shape index (κ2) is 3.28. The molecule has 0 N–H and O–H groups in total. The molecule has 0 spiro atoms. The van der Waals surface area contributed by atoms with E-state index in [4.69, 9.17) is 4.74 Å². The zero-order chi connectivity index (χ0) is 10.2. The summed E-state index contributed by atoms with van der Waals surface area (Å²) in [5.41, 5.74) is 0. The van der Waals surface area contributed by atoms with E-state index in [2.05, 4.69) is 0 Å². The van der Waals surface area contributed by atoms with Crippen LogP contribution in [0.15, 0.2) is 29.2 Å². The van der Waals surface area contributed by atoms with Gasteiger partial charge >= 0.3 is 0 Å². The number of para-hydroxylation sites is 1. The molecule has 0 unspecified atom stereocenters. The molecule has 14 heavy (non-hydrogen) atoms. The molecule has 1 aromatic rings. The Hall–Kier alpha value is -1.03. The Balaban J connectivity index is 2.49. The van der Waals surface area contributed by atoms with E-state index < -0.39 is 9.84 Å². The SMILES string of the molecule is COc1ccccc1S(=O)(=O)C1CC1. The van der Waals surface area contributed by atoms with Crippen LogP contribution >= 0.6 is 0 Å². The van der Waals surface area contributed by atoms with Crippen LogP contribution in [-0.2, 0) is 9.84 Å². The number of methoxy groups -OCH3 is 1. The lowest BCUT2D eigenvalue weighted by molar-refractivity contribution is 0.402. The smallest absolute Gasteiger partial charge is 0.184 e. The van der Waals surface area contributed by atoms with Gasteiger partial charge in [0.15, 0.2) is 9.84 Å². The van der Waals surface area contributed by atoms with Crippen LogP contribution in [0.25, 0.3) is 0 Å². The van der Waals surface area contributed by atoms with Gasteiger partial charge in [0.1, 0.15) is 10.6 Å². The van der Waals surface area contributed by atoms with Crippen molar-refractivity contribution in [2.75, 3.05) is 7.11 Å². The number of benzene rings is 1. The third-order valence-corrected chi connectivity index (χ3v) is 4.64. The minimum atomic E-state index is -3.13. The lowest BCUT2D eigenvalue weighted by atomic mass is 10.3. The van der Waals surface area contributed by atoms with Crippen LogP contribution in [0.1, 0.15) is 12.8 Å². The fraction of sp³-hybridized carbons (Fsp3) is 0.400. The highest BCUT2D eigenvalue weighted by atomic mass is 32.2. The van der Waals surface area contributed by atoms with Crippen molar-refractivity contribution >= 4 is 9.84 Å². The molecule has 0 aliphatic heterocycles. The highest BCUT2D eigenvalue weighted by Gasteiger charge is 2.38. The average molecular weight is 212 g/mol. The van der Waals surface area contributed by atoms with Gasteiger partial charge in [-0.25, -0.2) is 8.42 Å². The van der Waals surface area contributed by atoms with E-state index in [1.807, 2.05) is 0 Å². The predicted octanol–water partition coefficient (Wildman–Crippen LogP) is 1.63. The number of sulfone groups is 1. The van der Waals surface area contributed by atoms with E-state index in [0.29, 0.717) is 10.6 Å². The van der Waals surface area contributed by atoms with E-state index in [0.717, 1.165) is 12.8 Å². The Morgan fingerprint density at radius 3 is 2.50 bits per heavy atom. The van der Waals surface area contributed by atoms with Crippen LogP contribution in [-0.4, -0.2) is 20.8 Å². The maximum atomic E-state index is 11.9. The molecule has 1 saturated carbocycles. The summed E-state index contributed by atoms with van der Waals surface area (Å²) in [5.74, 6) is 0.444. The van der Waals surface area contributed by atoms with Gasteiger partial charge in [-0.2, -0.15) is 0 Å². The molecule has 1 aromatic carbocycles. The van der Waals surface area contributed by atoms with Gasteiger partial charge in [0, 0.05) is 0 Å². The average Bonchev–Trinajstić information content (AvgIpc) is 3.01. The van der Waals surface area contributed by atoms with Gasteiger partial charge in [-0.15, -0.1) is 0 Å². The molecule has 0 atom stereocenters. The Labute approximate surface area is 83.6 Å². The lowest BCUT2D eigenvalue weighted by Gasteiger charge is -2.07. The molecule has 1 aliphatic rings. The highest BCUT2D eigenvalue weighted by Crippen LogP contribution is 2.36. The second-order valence-electron chi connectivity index (χ2n) is 3.40. The maximum Gasteiger partial charge on any atom is 0.184 e. The number of hydrogen-bond donors (Lipinski definition) is 0. The first-order valence-corrected chi connectivity index (χ1v) is 6.08. The summed E-state index contributed by atoms with van der Waals surface area (Å²) in [4.78, 5) is 0.324. The normalized spacial score (nSPS) is 16.6. The molecule has 76 valence electrons. The van der Waals surface area contributed by atoms with Crippen molar-refractivity contribution in [2.45, 2.75) is 23.0 Å². The minimum Gasteiger partial charge on any atom is -0.495 e. The van der Waals surface area contributed by atoms with Gasteiger partial charge in [-0.05, 0) is 25.0 Å². The summed E-state index contributed by atoms with van der Waals surface area (Å²) >= 11 is 0. The van der Waals surface area contributed by atoms with Crippen LogP contribution in [0, 0.1) is 0 Å². The van der Waals surface area contributed by atoms with E-state index in [-0.39, 0.29) is 5.25 Å². The van der Waals surface area contributed by atoms with Gasteiger partial charge in [0.2, 0.25) is 0 Å². The van der Waals surface area contributed by atoms with Crippen LogP contribution in [0.5, 0.6) is 5.75 Å². The second-order valence-corrected chi connectivity index (χ2v) is 5.59. The van der Waals surface area contributed by atoms with Crippen LogP contribution in [0.3, 0.4) is 0 Å². The van der Waals surface area contributed by atoms with Crippen LogP contribution < -0.4 is 4.74 Å². The molecule has 0 heterocycles. The van der Waals surface area contributed by atoms with Gasteiger partial charge in [-0.1, -0.05) is 12.1 Å². The third-order valence-electron chi connectivity index (χ3n) is 2.34. The van der Waals surface area contributed by atoms with Crippen LogP contribution in [0.2, 0.25) is 0 Å². The fourth-order valence-corrected chi connectivity index (χ4v) is 3.23. The molecular formula is C10H12O3S. The van der Waals surface area contributed by atoms with Crippen molar-refractivity contribution in [1.82, 2.24) is 0 Å². The molecule has 3 nitrogen and oxygen atoms in total. The molecule has 2 rings (SSSR count). The number of hydrogen-bond acceptors (Lipinski definition) is 3. The van der Waals surface area contributed by atoms with Gasteiger partial charge < -0.3 is 4.74 Å². The summed E-state index contributed by atoms with van der Waals surface area (Å²) < 4.78 is 28.8. The molecule has 1 fully saturated rings. The zero-order valence-electron chi connectivity index (χ0n) is 7.93. The van der Waals surface area contributed by atoms with Crippen LogP contribution in [0.4, 0.5) is 0 Å². The van der Waals surface area contributed by atoms with E-state index in [9.17, 15) is 8.42 Å². The third kappa shape index (κ3) is 1.50. The molecule has 1 aliphatic carbocycles. The molecule has 0 saturated heterocycles. The molecular weight excluding hydrogens is 200 g/mol. The summed E-state index contributed by atoms with van der Waals surface area (Å²) in [6, 6.07) is 6.77. The first kappa shape index (κ1) is 9.52. The topological polar surface area (TPSA) is 43.4 Å². The molecule has 0 radical (unpaired) electrons. The Morgan fingerprint density at radius 2 is 1.93 bits per heavy atom. The first-order chi connectivity index (χ1) is 6.66. The van der Waals surface area contributed by atoms with E-state index >= 15 is 0 Å². The van der Waals surface area contributed by atoms with Crippen molar-refractivity contribution in [3.63, 3.8) is 0 Å². The number of rotatable bonds is 3. The summed E-state index contributed by atoms with van der Waals surface area (Å²) in [5, 5.41) is -0.182. The maximum absolute atomic E-state index is 11.9. The fourth-order valence-electron chi connectivity index (χ4n) is 1.41. The Morgan fingerprint density at radius 1 is 1.29 bits per heavy atom. The number of ether oxygens (including phenoxy) is 1. The van der Waals surface area contributed by atoms with E-state index in [1.54, 1.807) is 24.3 Å². The van der Waals surface area contributed by atoms with Gasteiger partial charge in [0.05, 0.1) is 12.4 Å². The lowest BCUT2D eigenvalue weighted by Crippen LogP contribution is -2.08. The zero-order valence-corrected chi connectivity index (χ0v) is 8.75. The molecule has 4 heteroatoms. The quantitative estimate of drug-likeness (QED) is 0.764. The summed E-state index contributed by atoms with van der Waals surface area (Å²) in [6.07, 6.45) is 1.56. The Bertz CT molecular complexity index is 432. The standard InChI is InChI=1S/C10H12O3S/c1-13-9-4-2-3-5-10(9)14(11,12)8-6-7-8/h2-5,8H,6-7H2,1H3. The molecule has 0 bridgehead atoms. The first-order valence-electron chi connectivity index (χ1n) is 4.53. The van der Waals surface area contributed by atoms with Crippen molar-refractivity contribution in [2.24, 2.45) is 0 Å². The minimum absolute atomic E-state index is 0.182. The Kier molecular flexibility index (Phi) is 2.23. The van der Waals surface area contributed by atoms with E-state index in [1.165, 1.54) is 7.11 Å². The van der Waals surface area contributed by atoms with Crippen molar-refractivity contribution in [3.05, 3.63) is 24.3 Å². The van der Waals surface area contributed by atoms with Crippen molar-refractivity contribution < 1.29 is 13.2 Å². The van der Waals surface area contributed by atoms with Crippen molar-refractivity contribution in [3.8, 4) is 5.75 Å². The van der Waals surface area contributed by atoms with Crippen molar-refractivity contribution in [1.29, 1.82) is 0 Å². The summed E-state index contributed by atoms with van der Waals surface area (Å²) in [7, 11) is -1.65. The predicted molar refractivity (Wildman–Crippen MR) is 53.2 cm³/mol.